The predicted molar refractivity (Wildman–Crippen MR) is 87.0 cm³/mol. The fourth-order valence-electron chi connectivity index (χ4n) is 3.28. The largest absolute Gasteiger partial charge is 0.356 e. The third-order valence-corrected chi connectivity index (χ3v) is 4.71. The lowest BCUT2D eigenvalue weighted by Crippen LogP contribution is -2.46. The summed E-state index contributed by atoms with van der Waals surface area (Å²) in [4.78, 5) is 16.3. The molecule has 0 amide bonds. The molecule has 1 aromatic rings. The Balaban J connectivity index is 1.68. The second-order valence-electron chi connectivity index (χ2n) is 6.06. The van der Waals surface area contributed by atoms with Gasteiger partial charge in [-0.05, 0) is 19.4 Å². The van der Waals surface area contributed by atoms with Gasteiger partial charge in [0.1, 0.15) is 18.0 Å². The van der Waals surface area contributed by atoms with Crippen LogP contribution in [0.15, 0.2) is 12.4 Å². The molecule has 116 valence electrons. The Morgan fingerprint density at radius 1 is 0.810 bits per heavy atom. The first-order valence-corrected chi connectivity index (χ1v) is 8.41. The van der Waals surface area contributed by atoms with Crippen LogP contribution in [0.5, 0.6) is 0 Å². The summed E-state index contributed by atoms with van der Waals surface area (Å²) < 4.78 is 0. The lowest BCUT2D eigenvalue weighted by atomic mass is 10.2. The summed E-state index contributed by atoms with van der Waals surface area (Å²) in [5, 5.41) is 0. The molecule has 0 aliphatic carbocycles. The molecule has 3 rings (SSSR count). The van der Waals surface area contributed by atoms with E-state index < -0.39 is 0 Å². The molecule has 0 unspecified atom stereocenters. The minimum atomic E-state index is 1.07. The predicted octanol–water partition coefficient (Wildman–Crippen LogP) is 2.00. The highest BCUT2D eigenvalue weighted by Crippen LogP contribution is 2.21. The van der Waals surface area contributed by atoms with Gasteiger partial charge in [-0.2, -0.15) is 0 Å². The van der Waals surface area contributed by atoms with Gasteiger partial charge in [-0.15, -0.1) is 0 Å². The first kappa shape index (κ1) is 14.6. The number of likely N-dealkylation sites (N-methyl/N-ethyl adjacent to an activating group) is 1. The maximum Gasteiger partial charge on any atom is 0.134 e. The first-order valence-electron chi connectivity index (χ1n) is 8.41. The third kappa shape index (κ3) is 3.64. The second-order valence-corrected chi connectivity index (χ2v) is 6.06. The molecule has 0 bridgehead atoms. The molecule has 5 heteroatoms. The molecule has 0 spiro atoms. The van der Waals surface area contributed by atoms with Crippen LogP contribution in [0, 0.1) is 0 Å². The minimum Gasteiger partial charge on any atom is -0.356 e. The lowest BCUT2D eigenvalue weighted by Gasteiger charge is -2.35. The monoisotopic (exact) mass is 289 g/mol. The van der Waals surface area contributed by atoms with Crippen molar-refractivity contribution in [3.8, 4) is 0 Å². The van der Waals surface area contributed by atoms with E-state index in [-0.39, 0.29) is 0 Å². The van der Waals surface area contributed by atoms with E-state index in [0.717, 1.165) is 57.4 Å². The summed E-state index contributed by atoms with van der Waals surface area (Å²) in [6, 6.07) is 2.19. The minimum absolute atomic E-state index is 1.07. The van der Waals surface area contributed by atoms with Crippen LogP contribution >= 0.6 is 0 Å². The molecule has 0 radical (unpaired) electrons. The normalized spacial score (nSPS) is 21.4. The topological polar surface area (TPSA) is 35.5 Å². The molecular weight excluding hydrogens is 262 g/mol. The molecule has 1 aromatic heterocycles. The molecule has 3 heterocycles. The number of rotatable bonds is 3. The molecule has 0 atom stereocenters. The Morgan fingerprint density at radius 2 is 1.38 bits per heavy atom. The molecule has 0 N–H and O–H groups in total. The second kappa shape index (κ2) is 7.07. The fraction of sp³-hybridized carbons (Fsp3) is 0.750. The van der Waals surface area contributed by atoms with Crippen LogP contribution in [-0.4, -0.2) is 60.7 Å². The Hall–Kier alpha value is -1.36. The van der Waals surface area contributed by atoms with Gasteiger partial charge in [0.25, 0.3) is 0 Å². The van der Waals surface area contributed by atoms with Crippen LogP contribution in [0.25, 0.3) is 0 Å². The average molecular weight is 289 g/mol. The maximum atomic E-state index is 4.51. The van der Waals surface area contributed by atoms with Gasteiger partial charge in [-0.3, -0.25) is 0 Å². The van der Waals surface area contributed by atoms with E-state index in [1.807, 2.05) is 0 Å². The van der Waals surface area contributed by atoms with Crippen LogP contribution in [0.2, 0.25) is 0 Å². The fourth-order valence-corrected chi connectivity index (χ4v) is 3.28. The van der Waals surface area contributed by atoms with E-state index in [9.17, 15) is 0 Å². The first-order chi connectivity index (χ1) is 10.4. The van der Waals surface area contributed by atoms with Crippen molar-refractivity contribution in [1.29, 1.82) is 0 Å². The molecular formula is C16H27N5. The summed E-state index contributed by atoms with van der Waals surface area (Å²) in [5.74, 6) is 2.21. The van der Waals surface area contributed by atoms with E-state index >= 15 is 0 Å². The third-order valence-electron chi connectivity index (χ3n) is 4.71. The number of aromatic nitrogens is 2. The highest BCUT2D eigenvalue weighted by molar-refractivity contribution is 5.50. The molecule has 2 saturated heterocycles. The SMILES string of the molecule is CCN1CCN(c2cc(N3CCCCCC3)ncn2)CC1. The van der Waals surface area contributed by atoms with Crippen LogP contribution in [0.1, 0.15) is 32.6 Å². The van der Waals surface area contributed by atoms with Crippen LogP contribution in [0.4, 0.5) is 11.6 Å². The van der Waals surface area contributed by atoms with E-state index in [1.54, 1.807) is 6.33 Å². The Bertz CT molecular complexity index is 434. The van der Waals surface area contributed by atoms with Gasteiger partial charge < -0.3 is 14.7 Å². The van der Waals surface area contributed by atoms with Crippen LogP contribution in [0.3, 0.4) is 0 Å². The zero-order valence-electron chi connectivity index (χ0n) is 13.2. The van der Waals surface area contributed by atoms with Crippen molar-refractivity contribution in [2.45, 2.75) is 32.6 Å². The van der Waals surface area contributed by atoms with Gasteiger partial charge in [0.05, 0.1) is 0 Å². The molecule has 2 aliphatic heterocycles. The summed E-state index contributed by atoms with van der Waals surface area (Å²) in [6.07, 6.45) is 7.02. The van der Waals surface area contributed by atoms with E-state index in [0.29, 0.717) is 0 Å². The molecule has 0 aromatic carbocycles. The highest BCUT2D eigenvalue weighted by atomic mass is 15.3. The van der Waals surface area contributed by atoms with Crippen molar-refractivity contribution >= 4 is 11.6 Å². The van der Waals surface area contributed by atoms with Gasteiger partial charge in [-0.1, -0.05) is 19.8 Å². The van der Waals surface area contributed by atoms with Gasteiger partial charge in [0.2, 0.25) is 0 Å². The Morgan fingerprint density at radius 3 is 1.95 bits per heavy atom. The van der Waals surface area contributed by atoms with Crippen LogP contribution in [-0.2, 0) is 0 Å². The quantitative estimate of drug-likeness (QED) is 0.850. The smallest absolute Gasteiger partial charge is 0.134 e. The zero-order chi connectivity index (χ0) is 14.5. The van der Waals surface area contributed by atoms with Crippen molar-refractivity contribution in [3.05, 3.63) is 12.4 Å². The molecule has 5 nitrogen and oxygen atoms in total. The van der Waals surface area contributed by atoms with Crippen molar-refractivity contribution in [2.24, 2.45) is 0 Å². The van der Waals surface area contributed by atoms with E-state index in [1.165, 1.54) is 25.7 Å². The molecule has 21 heavy (non-hydrogen) atoms. The summed E-state index contributed by atoms with van der Waals surface area (Å²) in [5.41, 5.74) is 0. The van der Waals surface area contributed by atoms with E-state index in [2.05, 4.69) is 37.7 Å². The van der Waals surface area contributed by atoms with Crippen molar-refractivity contribution in [2.75, 3.05) is 55.6 Å². The summed E-state index contributed by atoms with van der Waals surface area (Å²) in [6.45, 7) is 10.1. The number of hydrogen-bond donors (Lipinski definition) is 0. The Kier molecular flexibility index (Phi) is 4.91. The van der Waals surface area contributed by atoms with Gasteiger partial charge in [-0.25, -0.2) is 9.97 Å². The number of nitrogens with zero attached hydrogens (tertiary/aromatic N) is 5. The van der Waals surface area contributed by atoms with E-state index in [4.69, 9.17) is 0 Å². The highest BCUT2D eigenvalue weighted by Gasteiger charge is 2.18. The number of piperazine rings is 1. The summed E-state index contributed by atoms with van der Waals surface area (Å²) >= 11 is 0. The van der Waals surface area contributed by atoms with Gasteiger partial charge in [0.15, 0.2) is 0 Å². The molecule has 2 fully saturated rings. The maximum absolute atomic E-state index is 4.51. The van der Waals surface area contributed by atoms with Gasteiger partial charge in [0, 0.05) is 45.3 Å². The molecule has 0 saturated carbocycles. The van der Waals surface area contributed by atoms with Crippen molar-refractivity contribution in [1.82, 2.24) is 14.9 Å². The average Bonchev–Trinajstić information content (AvgIpc) is 2.84. The van der Waals surface area contributed by atoms with Crippen LogP contribution < -0.4 is 9.80 Å². The zero-order valence-corrected chi connectivity index (χ0v) is 13.2. The standard InChI is InChI=1S/C16H27N5/c1-2-19-9-11-21(12-10-19)16-13-15(17-14-18-16)20-7-5-3-4-6-8-20/h13-14H,2-12H2,1H3. The Labute approximate surface area is 128 Å². The number of anilines is 2. The lowest BCUT2D eigenvalue weighted by molar-refractivity contribution is 0.270. The number of hydrogen-bond acceptors (Lipinski definition) is 5. The van der Waals surface area contributed by atoms with Crippen molar-refractivity contribution in [3.63, 3.8) is 0 Å². The van der Waals surface area contributed by atoms with Gasteiger partial charge >= 0.3 is 0 Å². The van der Waals surface area contributed by atoms with Crippen molar-refractivity contribution < 1.29 is 0 Å². The molecule has 2 aliphatic rings. The summed E-state index contributed by atoms with van der Waals surface area (Å²) in [7, 11) is 0.